The van der Waals surface area contributed by atoms with Gasteiger partial charge in [-0.05, 0) is 80.3 Å². The Labute approximate surface area is 215 Å². The second kappa shape index (κ2) is 10.7. The average molecular weight is 499 g/mol. The molecule has 2 heterocycles. The summed E-state index contributed by atoms with van der Waals surface area (Å²) in [5.41, 5.74) is 4.86. The topological polar surface area (TPSA) is 76.9 Å². The molecule has 0 saturated heterocycles. The molecular weight excluding hydrogens is 468 g/mol. The smallest absolute Gasteiger partial charge is 0.262 e. The van der Waals surface area contributed by atoms with Crippen molar-refractivity contribution in [1.29, 1.82) is 0 Å². The highest BCUT2D eigenvalue weighted by Crippen LogP contribution is 2.32. The third-order valence-electron chi connectivity index (χ3n) is 6.63. The lowest BCUT2D eigenvalue weighted by atomic mass is 9.95. The highest BCUT2D eigenvalue weighted by molar-refractivity contribution is 7.98. The number of aromatic nitrogens is 3. The van der Waals surface area contributed by atoms with E-state index >= 15 is 0 Å². The minimum absolute atomic E-state index is 0.0308. The summed E-state index contributed by atoms with van der Waals surface area (Å²) in [5.74, 6) is 0.404. The summed E-state index contributed by atoms with van der Waals surface area (Å²) in [6, 6.07) is 17.1. The molecule has 5 rings (SSSR count). The van der Waals surface area contributed by atoms with Crippen molar-refractivity contribution in [2.45, 2.75) is 62.9 Å². The molecule has 0 radical (unpaired) electrons. The molecule has 1 N–H and O–H groups in total. The third-order valence-corrected chi connectivity index (χ3v) is 7.61. The molecule has 2 aromatic carbocycles. The van der Waals surface area contributed by atoms with Crippen molar-refractivity contribution in [2.24, 2.45) is 0 Å². The van der Waals surface area contributed by atoms with Gasteiger partial charge >= 0.3 is 0 Å². The summed E-state index contributed by atoms with van der Waals surface area (Å²) in [5, 5.41) is 4.22. The SMILES string of the molecule is Cc1cc(C)cc(NC(=O)c2ccc3c(=O)n(C4CCCCC4)c(SCc4ccccn4)nc3c2)c1. The number of nitrogens with one attached hydrogen (secondary N) is 1. The molecule has 1 saturated carbocycles. The van der Waals surface area contributed by atoms with E-state index in [9.17, 15) is 9.59 Å². The Morgan fingerprint density at radius 2 is 1.81 bits per heavy atom. The van der Waals surface area contributed by atoms with E-state index in [1.807, 2.05) is 48.7 Å². The number of carbonyl (C=O) groups is 1. The molecule has 36 heavy (non-hydrogen) atoms. The van der Waals surface area contributed by atoms with Crippen molar-refractivity contribution in [1.82, 2.24) is 14.5 Å². The van der Waals surface area contributed by atoms with Gasteiger partial charge in [-0.15, -0.1) is 0 Å². The molecule has 0 aliphatic heterocycles. The number of hydrogen-bond acceptors (Lipinski definition) is 5. The van der Waals surface area contributed by atoms with E-state index in [2.05, 4.69) is 16.4 Å². The van der Waals surface area contributed by atoms with Gasteiger partial charge in [0.05, 0.1) is 16.6 Å². The van der Waals surface area contributed by atoms with Crippen LogP contribution in [0.5, 0.6) is 0 Å². The number of pyridine rings is 1. The quantitative estimate of drug-likeness (QED) is 0.244. The van der Waals surface area contributed by atoms with Crippen LogP contribution in [0.2, 0.25) is 0 Å². The fourth-order valence-electron chi connectivity index (χ4n) is 4.95. The molecule has 6 nitrogen and oxygen atoms in total. The number of amides is 1. The van der Waals surface area contributed by atoms with Crippen LogP contribution in [-0.4, -0.2) is 20.4 Å². The normalized spacial score (nSPS) is 14.2. The predicted molar refractivity (Wildman–Crippen MR) is 146 cm³/mol. The standard InChI is InChI=1S/C29H30N4O2S/c1-19-14-20(2)16-23(15-19)31-27(34)21-11-12-25-26(17-21)32-29(36-18-22-8-6-7-13-30-22)33(28(25)35)24-9-4-3-5-10-24/h6-8,11-17,24H,3-5,9-10,18H2,1-2H3,(H,31,34). The number of fused-ring (bicyclic) bond motifs is 1. The number of hydrogen-bond donors (Lipinski definition) is 1. The van der Waals surface area contributed by atoms with E-state index in [0.717, 1.165) is 48.2 Å². The van der Waals surface area contributed by atoms with Crippen LogP contribution in [0, 0.1) is 13.8 Å². The number of rotatable bonds is 6. The number of anilines is 1. The lowest BCUT2D eigenvalue weighted by Gasteiger charge is -2.26. The molecule has 1 fully saturated rings. The van der Waals surface area contributed by atoms with E-state index in [0.29, 0.717) is 27.4 Å². The summed E-state index contributed by atoms with van der Waals surface area (Å²) >= 11 is 1.53. The predicted octanol–water partition coefficient (Wildman–Crippen LogP) is 6.46. The molecule has 184 valence electrons. The Hall–Kier alpha value is -3.45. The second-order valence-electron chi connectivity index (χ2n) is 9.53. The van der Waals surface area contributed by atoms with Gasteiger partial charge in [0.15, 0.2) is 5.16 Å². The van der Waals surface area contributed by atoms with Crippen LogP contribution in [0.4, 0.5) is 5.69 Å². The van der Waals surface area contributed by atoms with Crippen molar-refractivity contribution in [3.63, 3.8) is 0 Å². The van der Waals surface area contributed by atoms with Gasteiger partial charge in [0.1, 0.15) is 0 Å². The fourth-order valence-corrected chi connectivity index (χ4v) is 5.94. The van der Waals surface area contributed by atoms with Crippen LogP contribution < -0.4 is 10.9 Å². The summed E-state index contributed by atoms with van der Waals surface area (Å²) in [6.07, 6.45) is 7.20. The van der Waals surface area contributed by atoms with Gasteiger partial charge in [-0.25, -0.2) is 4.98 Å². The van der Waals surface area contributed by atoms with Crippen LogP contribution >= 0.6 is 11.8 Å². The van der Waals surface area contributed by atoms with Gasteiger partial charge < -0.3 is 5.32 Å². The Balaban J connectivity index is 1.51. The average Bonchev–Trinajstić information content (AvgIpc) is 2.87. The molecule has 0 bridgehead atoms. The Kier molecular flexibility index (Phi) is 7.18. The molecule has 1 aliphatic rings. The fraction of sp³-hybridized carbons (Fsp3) is 0.310. The van der Waals surface area contributed by atoms with Gasteiger partial charge in [-0.1, -0.05) is 43.2 Å². The van der Waals surface area contributed by atoms with Crippen LogP contribution in [0.15, 0.2) is 70.7 Å². The Morgan fingerprint density at radius 1 is 1.03 bits per heavy atom. The van der Waals surface area contributed by atoms with Crippen LogP contribution in [-0.2, 0) is 5.75 Å². The van der Waals surface area contributed by atoms with E-state index in [-0.39, 0.29) is 17.5 Å². The first-order valence-electron chi connectivity index (χ1n) is 12.5. The van der Waals surface area contributed by atoms with E-state index in [1.54, 1.807) is 24.4 Å². The minimum Gasteiger partial charge on any atom is -0.322 e. The molecule has 4 aromatic rings. The van der Waals surface area contributed by atoms with Crippen molar-refractivity contribution in [2.75, 3.05) is 5.32 Å². The molecule has 7 heteroatoms. The summed E-state index contributed by atoms with van der Waals surface area (Å²) in [7, 11) is 0. The summed E-state index contributed by atoms with van der Waals surface area (Å²) in [4.78, 5) is 36.1. The number of carbonyl (C=O) groups excluding carboxylic acids is 1. The number of benzene rings is 2. The highest BCUT2D eigenvalue weighted by Gasteiger charge is 2.22. The molecule has 0 atom stereocenters. The summed E-state index contributed by atoms with van der Waals surface area (Å²) < 4.78 is 1.89. The van der Waals surface area contributed by atoms with Crippen molar-refractivity contribution < 1.29 is 4.79 Å². The second-order valence-corrected chi connectivity index (χ2v) is 10.5. The molecule has 0 spiro atoms. The van der Waals surface area contributed by atoms with Crippen LogP contribution in [0.3, 0.4) is 0 Å². The van der Waals surface area contributed by atoms with E-state index < -0.39 is 0 Å². The molecule has 1 aliphatic carbocycles. The van der Waals surface area contributed by atoms with E-state index in [1.165, 1.54) is 18.2 Å². The Bertz CT molecular complexity index is 1440. The van der Waals surface area contributed by atoms with Gasteiger partial charge in [0, 0.05) is 29.2 Å². The van der Waals surface area contributed by atoms with E-state index in [4.69, 9.17) is 4.98 Å². The lowest BCUT2D eigenvalue weighted by molar-refractivity contribution is 0.102. The first-order chi connectivity index (χ1) is 17.5. The number of aryl methyl sites for hydroxylation is 2. The maximum atomic E-state index is 13.7. The first kappa shape index (κ1) is 24.3. The van der Waals surface area contributed by atoms with Crippen LogP contribution in [0.25, 0.3) is 10.9 Å². The van der Waals surface area contributed by atoms with Crippen molar-refractivity contribution in [3.8, 4) is 0 Å². The number of nitrogens with zero attached hydrogens (tertiary/aromatic N) is 3. The maximum Gasteiger partial charge on any atom is 0.262 e. The molecule has 0 unspecified atom stereocenters. The van der Waals surface area contributed by atoms with Gasteiger partial charge in [0.2, 0.25) is 0 Å². The van der Waals surface area contributed by atoms with Crippen LogP contribution in [0.1, 0.15) is 65.3 Å². The largest absolute Gasteiger partial charge is 0.322 e. The van der Waals surface area contributed by atoms with Gasteiger partial charge in [-0.2, -0.15) is 0 Å². The van der Waals surface area contributed by atoms with Gasteiger partial charge in [0.25, 0.3) is 11.5 Å². The molecule has 2 aromatic heterocycles. The molecule has 1 amide bonds. The monoisotopic (exact) mass is 498 g/mol. The third kappa shape index (κ3) is 5.36. The molecular formula is C29H30N4O2S. The highest BCUT2D eigenvalue weighted by atomic mass is 32.2. The van der Waals surface area contributed by atoms with Gasteiger partial charge in [-0.3, -0.25) is 19.1 Å². The zero-order chi connectivity index (χ0) is 25.1. The Morgan fingerprint density at radius 3 is 2.53 bits per heavy atom. The lowest BCUT2D eigenvalue weighted by Crippen LogP contribution is -2.29. The summed E-state index contributed by atoms with van der Waals surface area (Å²) in [6.45, 7) is 4.01. The number of thioether (sulfide) groups is 1. The van der Waals surface area contributed by atoms with Crippen molar-refractivity contribution in [3.05, 3.63) is 93.5 Å². The maximum absolute atomic E-state index is 13.7. The zero-order valence-corrected chi connectivity index (χ0v) is 21.5. The minimum atomic E-state index is -0.220. The van der Waals surface area contributed by atoms with Crippen molar-refractivity contribution >= 4 is 34.3 Å². The first-order valence-corrected chi connectivity index (χ1v) is 13.4. The zero-order valence-electron chi connectivity index (χ0n) is 20.7.